The van der Waals surface area contributed by atoms with Crippen molar-refractivity contribution in [3.8, 4) is 0 Å². The number of carbonyl (C=O) groups excluding carboxylic acids is 1. The molecule has 1 unspecified atom stereocenters. The van der Waals surface area contributed by atoms with Gasteiger partial charge in [-0.3, -0.25) is 4.79 Å². The highest BCUT2D eigenvalue weighted by atomic mass is 19.1. The number of anilines is 1. The van der Waals surface area contributed by atoms with E-state index >= 15 is 0 Å². The number of fused-ring (bicyclic) bond motifs is 3. The van der Waals surface area contributed by atoms with Crippen molar-refractivity contribution in [1.82, 2.24) is 0 Å². The summed E-state index contributed by atoms with van der Waals surface area (Å²) in [5.41, 5.74) is 2.44. The summed E-state index contributed by atoms with van der Waals surface area (Å²) in [7, 11) is 0. The van der Waals surface area contributed by atoms with E-state index in [-0.39, 0.29) is 24.1 Å². The van der Waals surface area contributed by atoms with Crippen molar-refractivity contribution in [1.29, 1.82) is 0 Å². The van der Waals surface area contributed by atoms with E-state index in [1.54, 1.807) is 23.1 Å². The lowest BCUT2D eigenvalue weighted by atomic mass is 9.81. The number of hydrogen-bond donors (Lipinski definition) is 0. The molecule has 1 atom stereocenters. The molecule has 4 rings (SSSR count). The van der Waals surface area contributed by atoms with Gasteiger partial charge in [0.25, 0.3) is 0 Å². The number of benzene rings is 3. The van der Waals surface area contributed by atoms with Gasteiger partial charge in [-0.1, -0.05) is 54.6 Å². The summed E-state index contributed by atoms with van der Waals surface area (Å²) in [6.45, 7) is 4.21. The maximum absolute atomic E-state index is 14.5. The maximum atomic E-state index is 14.5. The number of hydrogen-bond acceptors (Lipinski definition) is 1. The molecular weight excluding hydrogens is 313 g/mol. The van der Waals surface area contributed by atoms with Crippen LogP contribution in [0.3, 0.4) is 0 Å². The first kappa shape index (κ1) is 15.6. The van der Waals surface area contributed by atoms with Gasteiger partial charge in [-0.25, -0.2) is 4.39 Å². The molecule has 1 aliphatic rings. The molecule has 0 fully saturated rings. The first-order chi connectivity index (χ1) is 12.2. The highest BCUT2D eigenvalue weighted by Crippen LogP contribution is 2.44. The summed E-state index contributed by atoms with van der Waals surface area (Å²) in [6.07, 6.45) is 1.98. The van der Waals surface area contributed by atoms with Crippen LogP contribution in [0.5, 0.6) is 0 Å². The van der Waals surface area contributed by atoms with Gasteiger partial charge >= 0.3 is 0 Å². The third-order valence-corrected chi connectivity index (χ3v) is 4.86. The topological polar surface area (TPSA) is 20.3 Å². The third-order valence-electron chi connectivity index (χ3n) is 4.86. The van der Waals surface area contributed by atoms with Crippen LogP contribution in [0.2, 0.25) is 0 Å². The molecule has 0 aromatic heterocycles. The van der Waals surface area contributed by atoms with Crippen molar-refractivity contribution in [2.45, 2.75) is 12.3 Å². The average molecular weight is 331 g/mol. The molecular formula is C22H18FNO. The van der Waals surface area contributed by atoms with Crippen LogP contribution in [-0.4, -0.2) is 12.5 Å². The van der Waals surface area contributed by atoms with Gasteiger partial charge in [-0.15, -0.1) is 6.58 Å². The van der Waals surface area contributed by atoms with E-state index in [0.29, 0.717) is 12.1 Å². The largest absolute Gasteiger partial charge is 0.308 e. The summed E-state index contributed by atoms with van der Waals surface area (Å²) in [6, 6.07) is 18.8. The van der Waals surface area contributed by atoms with Crippen molar-refractivity contribution < 1.29 is 9.18 Å². The zero-order chi connectivity index (χ0) is 17.4. The summed E-state index contributed by atoms with van der Waals surface area (Å²) in [5, 5.41) is 2.16. The molecule has 1 heterocycles. The van der Waals surface area contributed by atoms with Gasteiger partial charge in [0.05, 0.1) is 0 Å². The van der Waals surface area contributed by atoms with Gasteiger partial charge in [0.15, 0.2) is 0 Å². The molecule has 0 radical (unpaired) electrons. The first-order valence-electron chi connectivity index (χ1n) is 8.38. The molecule has 3 aromatic carbocycles. The first-order valence-corrected chi connectivity index (χ1v) is 8.38. The minimum atomic E-state index is -0.282. The van der Waals surface area contributed by atoms with Gasteiger partial charge < -0.3 is 4.90 Å². The van der Waals surface area contributed by atoms with E-state index in [2.05, 4.69) is 6.58 Å². The molecule has 0 bridgehead atoms. The van der Waals surface area contributed by atoms with Crippen molar-refractivity contribution in [3.63, 3.8) is 0 Å². The molecule has 0 saturated carbocycles. The predicted octanol–water partition coefficient (Wildman–Crippen LogP) is 5.03. The van der Waals surface area contributed by atoms with E-state index in [1.807, 2.05) is 42.5 Å². The van der Waals surface area contributed by atoms with Crippen LogP contribution in [0, 0.1) is 5.82 Å². The Hall–Kier alpha value is -2.94. The van der Waals surface area contributed by atoms with Crippen LogP contribution in [-0.2, 0) is 4.79 Å². The zero-order valence-electron chi connectivity index (χ0n) is 13.8. The normalized spacial score (nSPS) is 16.8. The Morgan fingerprint density at radius 1 is 1.08 bits per heavy atom. The highest BCUT2D eigenvalue weighted by molar-refractivity contribution is 6.03. The quantitative estimate of drug-likeness (QED) is 0.616. The molecule has 0 aliphatic carbocycles. The van der Waals surface area contributed by atoms with Crippen LogP contribution in [0.1, 0.15) is 23.5 Å². The predicted molar refractivity (Wildman–Crippen MR) is 99.4 cm³/mol. The highest BCUT2D eigenvalue weighted by Gasteiger charge is 2.34. The molecule has 124 valence electrons. The number of rotatable bonds is 3. The molecule has 1 amide bonds. The fourth-order valence-electron chi connectivity index (χ4n) is 3.76. The number of nitrogens with zero attached hydrogens (tertiary/aromatic N) is 1. The van der Waals surface area contributed by atoms with E-state index in [9.17, 15) is 9.18 Å². The van der Waals surface area contributed by atoms with Gasteiger partial charge in [-0.05, 0) is 34.0 Å². The SMILES string of the molecule is C=CCN1C(=O)CC(c2ccccc2F)c2c1ccc1ccccc21. The number of amides is 1. The fraction of sp³-hybridized carbons (Fsp3) is 0.136. The Morgan fingerprint density at radius 3 is 2.64 bits per heavy atom. The van der Waals surface area contributed by atoms with Crippen molar-refractivity contribution >= 4 is 22.4 Å². The van der Waals surface area contributed by atoms with Crippen molar-refractivity contribution in [2.24, 2.45) is 0 Å². The maximum Gasteiger partial charge on any atom is 0.228 e. The molecule has 0 spiro atoms. The Labute approximate surface area is 146 Å². The molecule has 25 heavy (non-hydrogen) atoms. The zero-order valence-corrected chi connectivity index (χ0v) is 13.8. The van der Waals surface area contributed by atoms with Crippen LogP contribution in [0.4, 0.5) is 10.1 Å². The van der Waals surface area contributed by atoms with Crippen molar-refractivity contribution in [2.75, 3.05) is 11.4 Å². The molecule has 2 nitrogen and oxygen atoms in total. The molecule has 0 N–H and O–H groups in total. The van der Waals surface area contributed by atoms with Crippen LogP contribution in [0.15, 0.2) is 73.3 Å². The average Bonchev–Trinajstić information content (AvgIpc) is 2.64. The van der Waals surface area contributed by atoms with Gasteiger partial charge in [0.1, 0.15) is 5.82 Å². The molecule has 3 aromatic rings. The van der Waals surface area contributed by atoms with Gasteiger partial charge in [0, 0.05) is 24.6 Å². The monoisotopic (exact) mass is 331 g/mol. The standard InChI is InChI=1S/C22H18FNO/c1-2-13-24-20-12-11-15-7-3-4-8-16(15)22(20)18(14-21(24)25)17-9-5-6-10-19(17)23/h2-12,18H,1,13-14H2. The molecule has 1 aliphatic heterocycles. The summed E-state index contributed by atoms with van der Waals surface area (Å²) in [4.78, 5) is 14.5. The molecule has 3 heteroatoms. The van der Waals surface area contributed by atoms with Gasteiger partial charge in [0.2, 0.25) is 5.91 Å². The van der Waals surface area contributed by atoms with E-state index in [0.717, 1.165) is 22.0 Å². The Kier molecular flexibility index (Phi) is 3.85. The second-order valence-electron chi connectivity index (χ2n) is 6.29. The van der Waals surface area contributed by atoms with Crippen LogP contribution >= 0.6 is 0 Å². The Balaban J connectivity index is 2.02. The second kappa shape index (κ2) is 6.17. The van der Waals surface area contributed by atoms with E-state index in [4.69, 9.17) is 0 Å². The minimum absolute atomic E-state index is 0.00376. The molecule has 0 saturated heterocycles. The van der Waals surface area contributed by atoms with Crippen molar-refractivity contribution in [3.05, 3.63) is 90.3 Å². The second-order valence-corrected chi connectivity index (χ2v) is 6.29. The van der Waals surface area contributed by atoms with Crippen LogP contribution < -0.4 is 4.90 Å². The summed E-state index contributed by atoms with van der Waals surface area (Å²) < 4.78 is 14.5. The summed E-state index contributed by atoms with van der Waals surface area (Å²) in [5.74, 6) is -0.553. The summed E-state index contributed by atoms with van der Waals surface area (Å²) >= 11 is 0. The number of halogens is 1. The minimum Gasteiger partial charge on any atom is -0.308 e. The van der Waals surface area contributed by atoms with E-state index in [1.165, 1.54) is 6.07 Å². The van der Waals surface area contributed by atoms with Gasteiger partial charge in [-0.2, -0.15) is 0 Å². The lowest BCUT2D eigenvalue weighted by molar-refractivity contribution is -0.119. The number of carbonyl (C=O) groups is 1. The fourth-order valence-corrected chi connectivity index (χ4v) is 3.76. The Bertz CT molecular complexity index is 979. The smallest absolute Gasteiger partial charge is 0.228 e. The Morgan fingerprint density at radius 2 is 1.84 bits per heavy atom. The lowest BCUT2D eigenvalue weighted by Gasteiger charge is -2.35. The van der Waals surface area contributed by atoms with Crippen LogP contribution in [0.25, 0.3) is 10.8 Å². The lowest BCUT2D eigenvalue weighted by Crippen LogP contribution is -2.37. The third kappa shape index (κ3) is 2.52. The van der Waals surface area contributed by atoms with E-state index < -0.39 is 0 Å².